The Labute approximate surface area is 246 Å². The molecule has 4 aromatic carbocycles. The molecule has 0 fully saturated rings. The van der Waals surface area contributed by atoms with Gasteiger partial charge in [0, 0.05) is 12.2 Å². The number of carbonyl (C=O) groups is 1. The Morgan fingerprint density at radius 3 is 2.38 bits per heavy atom. The number of ether oxygens (including phenoxy) is 1. The molecule has 1 unspecified atom stereocenters. The fraction of sp³-hybridized carbons (Fsp3) is 0.229. The molecule has 1 heterocycles. The predicted molar refractivity (Wildman–Crippen MR) is 169 cm³/mol. The molecule has 5 aromatic rings. The normalized spacial score (nSPS) is 11.7. The Kier molecular flexibility index (Phi) is 8.97. The predicted octanol–water partition coefficient (Wildman–Crippen LogP) is 7.32. The van der Waals surface area contributed by atoms with E-state index in [2.05, 4.69) is 17.4 Å². The average molecular weight is 561 g/mol. The first kappa shape index (κ1) is 28.6. The SMILES string of the molecule is CCOc1ccc(-n2c(C(CC)N(CCc3ccccc3)C(=O)Nc3cccc(C)c3)nc3ccccc3c2=O)cc1. The number of nitrogens with one attached hydrogen (secondary N) is 1. The number of carbonyl (C=O) groups excluding carboxylic acids is 1. The first-order valence-electron chi connectivity index (χ1n) is 14.4. The lowest BCUT2D eigenvalue weighted by atomic mass is 10.1. The zero-order valence-electron chi connectivity index (χ0n) is 24.3. The molecule has 0 bridgehead atoms. The van der Waals surface area contributed by atoms with E-state index in [-0.39, 0.29) is 11.6 Å². The maximum absolute atomic E-state index is 14.1. The summed E-state index contributed by atoms with van der Waals surface area (Å²) in [5, 5.41) is 3.61. The lowest BCUT2D eigenvalue weighted by Gasteiger charge is -2.32. The molecule has 2 amide bonds. The number of anilines is 1. The molecule has 1 aromatic heterocycles. The highest BCUT2D eigenvalue weighted by molar-refractivity contribution is 5.89. The largest absolute Gasteiger partial charge is 0.494 e. The zero-order valence-corrected chi connectivity index (χ0v) is 24.3. The van der Waals surface area contributed by atoms with Gasteiger partial charge in [0.15, 0.2) is 0 Å². The lowest BCUT2D eigenvalue weighted by molar-refractivity contribution is 0.182. The van der Waals surface area contributed by atoms with Crippen molar-refractivity contribution in [1.29, 1.82) is 0 Å². The van der Waals surface area contributed by atoms with Crippen molar-refractivity contribution in [2.45, 2.75) is 39.7 Å². The molecule has 0 radical (unpaired) electrons. The van der Waals surface area contributed by atoms with Crippen molar-refractivity contribution in [2.24, 2.45) is 0 Å². The third-order valence-corrected chi connectivity index (χ3v) is 7.28. The highest BCUT2D eigenvalue weighted by Crippen LogP contribution is 2.28. The second kappa shape index (κ2) is 13.2. The van der Waals surface area contributed by atoms with Crippen LogP contribution < -0.4 is 15.6 Å². The summed E-state index contributed by atoms with van der Waals surface area (Å²) < 4.78 is 7.28. The topological polar surface area (TPSA) is 76.5 Å². The van der Waals surface area contributed by atoms with E-state index in [9.17, 15) is 9.59 Å². The quantitative estimate of drug-likeness (QED) is 0.194. The fourth-order valence-electron chi connectivity index (χ4n) is 5.23. The number of fused-ring (bicyclic) bond motifs is 1. The first-order valence-corrected chi connectivity index (χ1v) is 14.4. The molecular weight excluding hydrogens is 524 g/mol. The van der Waals surface area contributed by atoms with Crippen LogP contribution in [0.15, 0.2) is 108 Å². The molecule has 5 rings (SSSR count). The Balaban J connectivity index is 1.62. The van der Waals surface area contributed by atoms with E-state index >= 15 is 0 Å². The van der Waals surface area contributed by atoms with Crippen LogP contribution >= 0.6 is 0 Å². The average Bonchev–Trinajstić information content (AvgIpc) is 3.00. The third-order valence-electron chi connectivity index (χ3n) is 7.28. The molecule has 7 heteroatoms. The fourth-order valence-corrected chi connectivity index (χ4v) is 5.23. The molecule has 0 saturated heterocycles. The van der Waals surface area contributed by atoms with Crippen molar-refractivity contribution in [2.75, 3.05) is 18.5 Å². The van der Waals surface area contributed by atoms with Gasteiger partial charge in [0.2, 0.25) is 0 Å². The van der Waals surface area contributed by atoms with E-state index in [0.717, 1.165) is 22.6 Å². The summed E-state index contributed by atoms with van der Waals surface area (Å²) in [7, 11) is 0. The standard InChI is InChI=1S/C35H36N4O3/c1-4-32(38(23-22-26-13-7-6-8-14-26)35(41)36-27-15-11-12-25(3)24-27)33-37-31-17-10-9-16-30(31)34(40)39(33)28-18-20-29(21-19-28)42-5-2/h6-21,24,32H,4-5,22-23H2,1-3H3,(H,36,41). The number of hydrogen-bond acceptors (Lipinski definition) is 4. The van der Waals surface area contributed by atoms with Gasteiger partial charge in [-0.1, -0.05) is 61.5 Å². The molecule has 42 heavy (non-hydrogen) atoms. The van der Waals surface area contributed by atoms with Gasteiger partial charge in [0.05, 0.1) is 29.2 Å². The maximum atomic E-state index is 14.1. The minimum atomic E-state index is -0.484. The number of aryl methyl sites for hydroxylation is 1. The van der Waals surface area contributed by atoms with E-state index in [1.165, 1.54) is 0 Å². The Morgan fingerprint density at radius 2 is 1.67 bits per heavy atom. The number of para-hydroxylation sites is 1. The van der Waals surface area contributed by atoms with Gasteiger partial charge in [0.1, 0.15) is 11.6 Å². The van der Waals surface area contributed by atoms with Crippen LogP contribution in [0.25, 0.3) is 16.6 Å². The van der Waals surface area contributed by atoms with Crippen molar-refractivity contribution < 1.29 is 9.53 Å². The third kappa shape index (κ3) is 6.36. The number of benzene rings is 4. The lowest BCUT2D eigenvalue weighted by Crippen LogP contribution is -2.42. The van der Waals surface area contributed by atoms with Crippen LogP contribution in [0.5, 0.6) is 5.75 Å². The van der Waals surface area contributed by atoms with Gasteiger partial charge in [-0.05, 0) is 86.3 Å². The van der Waals surface area contributed by atoms with Crippen molar-refractivity contribution in [1.82, 2.24) is 14.5 Å². The zero-order chi connectivity index (χ0) is 29.5. The second-order valence-corrected chi connectivity index (χ2v) is 10.2. The van der Waals surface area contributed by atoms with E-state index in [1.54, 1.807) is 15.5 Å². The molecule has 0 spiro atoms. The van der Waals surface area contributed by atoms with E-state index in [1.807, 2.05) is 106 Å². The number of amides is 2. The van der Waals surface area contributed by atoms with Crippen molar-refractivity contribution >= 4 is 22.6 Å². The number of rotatable bonds is 10. The van der Waals surface area contributed by atoms with Crippen molar-refractivity contribution in [3.8, 4) is 11.4 Å². The number of hydrogen-bond donors (Lipinski definition) is 1. The summed E-state index contributed by atoms with van der Waals surface area (Å²) >= 11 is 0. The summed E-state index contributed by atoms with van der Waals surface area (Å²) in [5.74, 6) is 1.23. The Hall–Kier alpha value is -4.91. The summed E-state index contributed by atoms with van der Waals surface area (Å²) in [6.07, 6.45) is 1.21. The van der Waals surface area contributed by atoms with E-state index in [4.69, 9.17) is 9.72 Å². The highest BCUT2D eigenvalue weighted by atomic mass is 16.5. The molecule has 0 aliphatic carbocycles. The molecule has 7 nitrogen and oxygen atoms in total. The first-order chi connectivity index (χ1) is 20.5. The van der Waals surface area contributed by atoms with Crippen LogP contribution in [-0.4, -0.2) is 33.6 Å². The summed E-state index contributed by atoms with van der Waals surface area (Å²) in [4.78, 5) is 34.9. The van der Waals surface area contributed by atoms with Gasteiger partial charge >= 0.3 is 6.03 Å². The molecule has 1 N–H and O–H groups in total. The van der Waals surface area contributed by atoms with E-state index < -0.39 is 6.04 Å². The van der Waals surface area contributed by atoms with Crippen molar-refractivity contribution in [3.63, 3.8) is 0 Å². The van der Waals surface area contributed by atoms with Crippen LogP contribution in [0.4, 0.5) is 10.5 Å². The van der Waals surface area contributed by atoms with Crippen LogP contribution in [0, 0.1) is 6.92 Å². The van der Waals surface area contributed by atoms with E-state index in [0.29, 0.717) is 48.4 Å². The Bertz CT molecular complexity index is 1710. The van der Waals surface area contributed by atoms with Gasteiger partial charge in [0.25, 0.3) is 5.56 Å². The number of nitrogens with zero attached hydrogens (tertiary/aromatic N) is 3. The molecule has 0 aliphatic rings. The van der Waals surface area contributed by atoms with Crippen LogP contribution in [0.1, 0.15) is 43.3 Å². The smallest absolute Gasteiger partial charge is 0.322 e. The van der Waals surface area contributed by atoms with Gasteiger partial charge in [-0.15, -0.1) is 0 Å². The summed E-state index contributed by atoms with van der Waals surface area (Å²) in [6, 6.07) is 31.9. The summed E-state index contributed by atoms with van der Waals surface area (Å²) in [5.41, 5.74) is 3.97. The van der Waals surface area contributed by atoms with Gasteiger partial charge in [-0.2, -0.15) is 0 Å². The molecule has 0 aliphatic heterocycles. The molecular formula is C35H36N4O3. The minimum absolute atomic E-state index is 0.180. The van der Waals surface area contributed by atoms with Crippen LogP contribution in [0.2, 0.25) is 0 Å². The van der Waals surface area contributed by atoms with Gasteiger partial charge < -0.3 is 15.0 Å². The minimum Gasteiger partial charge on any atom is -0.494 e. The van der Waals surface area contributed by atoms with Crippen molar-refractivity contribution in [3.05, 3.63) is 130 Å². The summed E-state index contributed by atoms with van der Waals surface area (Å²) in [6.45, 7) is 6.93. The van der Waals surface area contributed by atoms with Crippen LogP contribution in [0.3, 0.4) is 0 Å². The van der Waals surface area contributed by atoms with Gasteiger partial charge in [-0.3, -0.25) is 9.36 Å². The number of aromatic nitrogens is 2. The monoisotopic (exact) mass is 560 g/mol. The second-order valence-electron chi connectivity index (χ2n) is 10.2. The highest BCUT2D eigenvalue weighted by Gasteiger charge is 2.29. The number of urea groups is 1. The molecule has 214 valence electrons. The molecule has 0 saturated carbocycles. The maximum Gasteiger partial charge on any atom is 0.322 e. The van der Waals surface area contributed by atoms with Gasteiger partial charge in [-0.25, -0.2) is 9.78 Å². The van der Waals surface area contributed by atoms with Crippen LogP contribution in [-0.2, 0) is 6.42 Å². The Morgan fingerprint density at radius 1 is 0.929 bits per heavy atom. The molecule has 1 atom stereocenters.